The van der Waals surface area contributed by atoms with E-state index in [1.807, 2.05) is 36.2 Å². The molecule has 1 aromatic carbocycles. The Balaban J connectivity index is 1.02. The lowest BCUT2D eigenvalue weighted by Gasteiger charge is -2.52. The van der Waals surface area contributed by atoms with Crippen molar-refractivity contribution in [3.63, 3.8) is 0 Å². The molecule has 224 valence electrons. The van der Waals surface area contributed by atoms with Crippen LogP contribution < -0.4 is 0 Å². The number of ketones is 1. The molecule has 4 aliphatic rings. The van der Waals surface area contributed by atoms with E-state index in [1.54, 1.807) is 11.1 Å². The maximum absolute atomic E-state index is 12.5. The molecule has 41 heavy (non-hydrogen) atoms. The fraction of sp³-hybridized carbons (Fsp3) is 0.676. The molecule has 2 fully saturated rings. The minimum absolute atomic E-state index is 0.0723. The van der Waals surface area contributed by atoms with Gasteiger partial charge in [0.25, 0.3) is 0 Å². The Kier molecular flexibility index (Phi) is 10.2. The first-order valence-corrected chi connectivity index (χ1v) is 16.8. The number of amides is 1. The van der Waals surface area contributed by atoms with Gasteiger partial charge in [0.1, 0.15) is 0 Å². The topological polar surface area (TPSA) is 57.6 Å². The van der Waals surface area contributed by atoms with Gasteiger partial charge in [0.05, 0.1) is 6.10 Å². The molecule has 1 aromatic rings. The van der Waals surface area contributed by atoms with Crippen molar-refractivity contribution in [1.29, 1.82) is 0 Å². The predicted molar refractivity (Wildman–Crippen MR) is 166 cm³/mol. The van der Waals surface area contributed by atoms with Crippen molar-refractivity contribution in [3.8, 4) is 0 Å². The molecule has 0 unspecified atom stereocenters. The number of unbranched alkanes of at least 4 members (excludes halogenated alkanes) is 7. The number of aliphatic hydroxyl groups is 1. The molecule has 4 heteroatoms. The number of carbonyl (C=O) groups is 2. The van der Waals surface area contributed by atoms with Gasteiger partial charge in [-0.3, -0.25) is 9.59 Å². The third-order valence-corrected chi connectivity index (χ3v) is 11.2. The lowest BCUT2D eigenvalue weighted by Crippen LogP contribution is -2.45. The summed E-state index contributed by atoms with van der Waals surface area (Å²) in [6.07, 6.45) is 20.6. The Morgan fingerprint density at radius 3 is 2.39 bits per heavy atom. The van der Waals surface area contributed by atoms with Gasteiger partial charge in [0.15, 0.2) is 5.78 Å². The Hall–Kier alpha value is -2.20. The van der Waals surface area contributed by atoms with Crippen LogP contribution in [-0.2, 0) is 16.1 Å². The zero-order valence-corrected chi connectivity index (χ0v) is 25.7. The van der Waals surface area contributed by atoms with Crippen molar-refractivity contribution in [3.05, 3.63) is 58.7 Å². The average Bonchev–Trinajstić information content (AvgIpc) is 3.27. The molecule has 0 saturated heterocycles. The zero-order chi connectivity index (χ0) is 28.8. The highest BCUT2D eigenvalue weighted by Crippen LogP contribution is 2.62. The maximum Gasteiger partial charge on any atom is 0.222 e. The van der Waals surface area contributed by atoms with Crippen LogP contribution in [0.25, 0.3) is 0 Å². The van der Waals surface area contributed by atoms with Crippen LogP contribution in [0.15, 0.2) is 53.1 Å². The van der Waals surface area contributed by atoms with Crippen molar-refractivity contribution in [2.45, 2.75) is 129 Å². The van der Waals surface area contributed by atoms with Gasteiger partial charge in [-0.15, -0.1) is 0 Å². The quantitative estimate of drug-likeness (QED) is 0.247. The number of nitrogens with zero attached hydrogens (tertiary/aromatic N) is 1. The van der Waals surface area contributed by atoms with Gasteiger partial charge in [-0.1, -0.05) is 87.8 Å². The smallest absolute Gasteiger partial charge is 0.222 e. The molecule has 0 aliphatic heterocycles. The number of benzene rings is 1. The van der Waals surface area contributed by atoms with Crippen LogP contribution in [0.4, 0.5) is 0 Å². The maximum atomic E-state index is 12.5. The Labute approximate surface area is 248 Å². The van der Waals surface area contributed by atoms with Gasteiger partial charge in [-0.25, -0.2) is 0 Å². The fourth-order valence-corrected chi connectivity index (χ4v) is 8.93. The first kappa shape index (κ1) is 30.3. The second-order valence-electron chi connectivity index (χ2n) is 13.9. The summed E-state index contributed by atoms with van der Waals surface area (Å²) in [7, 11) is 1.91. The van der Waals surface area contributed by atoms with Crippen LogP contribution in [0.2, 0.25) is 0 Å². The number of carbonyl (C=O) groups excluding carboxylic acids is 2. The van der Waals surface area contributed by atoms with Crippen molar-refractivity contribution in [1.82, 2.24) is 4.90 Å². The molecular weight excluding hydrogens is 506 g/mol. The lowest BCUT2D eigenvalue weighted by atomic mass is 9.53. The van der Waals surface area contributed by atoms with E-state index < -0.39 is 0 Å². The lowest BCUT2D eigenvalue weighted by molar-refractivity contribution is -0.130. The Morgan fingerprint density at radius 2 is 1.63 bits per heavy atom. The van der Waals surface area contributed by atoms with E-state index in [0.29, 0.717) is 42.9 Å². The first-order chi connectivity index (χ1) is 19.9. The van der Waals surface area contributed by atoms with Crippen LogP contribution in [0.5, 0.6) is 0 Å². The molecule has 2 saturated carbocycles. The highest BCUT2D eigenvalue weighted by Gasteiger charge is 2.55. The molecule has 0 heterocycles. The third-order valence-electron chi connectivity index (χ3n) is 11.2. The molecule has 1 N–H and O–H groups in total. The molecule has 0 radical (unpaired) electrons. The molecule has 5 atom stereocenters. The van der Waals surface area contributed by atoms with Gasteiger partial charge in [0, 0.05) is 26.4 Å². The van der Waals surface area contributed by atoms with E-state index in [2.05, 4.69) is 19.1 Å². The molecule has 1 amide bonds. The van der Waals surface area contributed by atoms with E-state index in [9.17, 15) is 14.7 Å². The molecule has 0 bridgehead atoms. The molecule has 4 nitrogen and oxygen atoms in total. The summed E-state index contributed by atoms with van der Waals surface area (Å²) in [5.41, 5.74) is 5.88. The van der Waals surface area contributed by atoms with Crippen molar-refractivity contribution in [2.24, 2.45) is 23.2 Å². The number of aliphatic hydroxyl groups excluding tert-OH is 1. The number of fused-ring (bicyclic) bond motifs is 4. The largest absolute Gasteiger partial charge is 0.393 e. The predicted octanol–water partition coefficient (Wildman–Crippen LogP) is 8.34. The van der Waals surface area contributed by atoms with Crippen molar-refractivity contribution < 1.29 is 14.7 Å². The van der Waals surface area contributed by atoms with Crippen LogP contribution in [0.1, 0.15) is 122 Å². The summed E-state index contributed by atoms with van der Waals surface area (Å²) in [6.45, 7) is 3.08. The SMILES string of the molecule is CN(Cc1ccccc1)C(=O)CCCCCCCCCC[C@H]1C[C@]2(C)[C@@H](O)CC[C@H]2[C@@H]2CCC3=CC(=O)CCC3=C12. The normalized spacial score (nSPS) is 29.0. The Morgan fingerprint density at radius 1 is 0.927 bits per heavy atom. The molecular formula is C37H53NO3. The summed E-state index contributed by atoms with van der Waals surface area (Å²) in [5.74, 6) is 2.40. The van der Waals surface area contributed by atoms with Gasteiger partial charge in [0.2, 0.25) is 5.91 Å². The number of hydrogen-bond donors (Lipinski definition) is 1. The standard InChI is InChI=1S/C37H53NO3/c1-37-25-29(36-31-21-19-30(39)24-28(31)18-20-32(36)33(37)22-23-34(37)40)16-12-7-5-3-4-6-8-13-17-35(41)38(2)26-27-14-10-9-11-15-27/h9-11,14-15,24,29,32-34,40H,3-8,12-13,16-23,25-26H2,1-2H3/t29-,32-,33-,34-,37-/m0/s1. The summed E-state index contributed by atoms with van der Waals surface area (Å²) in [4.78, 5) is 26.5. The van der Waals surface area contributed by atoms with E-state index in [1.165, 1.54) is 68.9 Å². The summed E-state index contributed by atoms with van der Waals surface area (Å²) in [5, 5.41) is 11.0. The van der Waals surface area contributed by atoms with E-state index in [-0.39, 0.29) is 17.4 Å². The van der Waals surface area contributed by atoms with Gasteiger partial charge in [-0.2, -0.15) is 0 Å². The third kappa shape index (κ3) is 7.07. The molecule has 4 aliphatic carbocycles. The molecule has 0 aromatic heterocycles. The van der Waals surface area contributed by atoms with Gasteiger partial charge >= 0.3 is 0 Å². The van der Waals surface area contributed by atoms with E-state index in [0.717, 1.165) is 38.5 Å². The number of hydrogen-bond acceptors (Lipinski definition) is 3. The molecule has 5 rings (SSSR count). The second kappa shape index (κ2) is 13.8. The summed E-state index contributed by atoms with van der Waals surface area (Å²) in [6, 6.07) is 10.2. The van der Waals surface area contributed by atoms with Crippen molar-refractivity contribution >= 4 is 11.7 Å². The fourth-order valence-electron chi connectivity index (χ4n) is 8.93. The highest BCUT2D eigenvalue weighted by atomic mass is 16.3. The van der Waals surface area contributed by atoms with Crippen LogP contribution in [0, 0.1) is 23.2 Å². The number of rotatable bonds is 13. The first-order valence-electron chi connectivity index (χ1n) is 16.8. The van der Waals surface area contributed by atoms with Crippen LogP contribution in [0.3, 0.4) is 0 Å². The second-order valence-corrected chi connectivity index (χ2v) is 13.9. The minimum Gasteiger partial charge on any atom is -0.393 e. The van der Waals surface area contributed by atoms with Crippen molar-refractivity contribution in [2.75, 3.05) is 7.05 Å². The summed E-state index contributed by atoms with van der Waals surface area (Å²) < 4.78 is 0. The zero-order valence-electron chi connectivity index (χ0n) is 25.7. The average molecular weight is 560 g/mol. The van der Waals surface area contributed by atoms with E-state index in [4.69, 9.17) is 0 Å². The van der Waals surface area contributed by atoms with Gasteiger partial charge < -0.3 is 10.0 Å². The van der Waals surface area contributed by atoms with Crippen LogP contribution >= 0.6 is 0 Å². The van der Waals surface area contributed by atoms with Crippen LogP contribution in [-0.4, -0.2) is 34.8 Å². The minimum atomic E-state index is -0.147. The highest BCUT2D eigenvalue weighted by molar-refractivity contribution is 5.93. The number of allylic oxidation sites excluding steroid dienone is 4. The molecule has 0 spiro atoms. The van der Waals surface area contributed by atoms with E-state index >= 15 is 0 Å². The Bertz CT molecular complexity index is 1120. The summed E-state index contributed by atoms with van der Waals surface area (Å²) >= 11 is 0. The monoisotopic (exact) mass is 559 g/mol. The van der Waals surface area contributed by atoms with Gasteiger partial charge in [-0.05, 0) is 97.3 Å².